The summed E-state index contributed by atoms with van der Waals surface area (Å²) in [4.78, 5) is 63.9. The minimum absolute atomic E-state index is 0.0131. The fourth-order valence-electron chi connectivity index (χ4n) is 4.81. The molecule has 0 spiro atoms. The van der Waals surface area contributed by atoms with E-state index in [1.165, 1.54) is 23.8 Å². The van der Waals surface area contributed by atoms with E-state index in [-0.39, 0.29) is 18.2 Å². The Kier molecular flexibility index (Phi) is 7.02. The molecule has 1 aromatic heterocycles. The van der Waals surface area contributed by atoms with E-state index < -0.39 is 28.7 Å². The fourth-order valence-corrected chi connectivity index (χ4v) is 4.81. The molecule has 0 aliphatic carbocycles. The molecule has 0 radical (unpaired) electrons. The molecule has 1 aliphatic heterocycles. The Morgan fingerprint density at radius 2 is 1.68 bits per heavy atom. The lowest BCUT2D eigenvalue weighted by atomic mass is 9.79. The predicted octanol–water partition coefficient (Wildman–Crippen LogP) is 1.45. The molecule has 37 heavy (non-hydrogen) atoms. The first-order valence-corrected chi connectivity index (χ1v) is 12.1. The lowest BCUT2D eigenvalue weighted by Crippen LogP contribution is -2.52. The van der Waals surface area contributed by atoms with Crippen molar-refractivity contribution < 1.29 is 19.5 Å². The summed E-state index contributed by atoms with van der Waals surface area (Å²) in [7, 11) is 1.55. The van der Waals surface area contributed by atoms with Crippen LogP contribution in [-0.2, 0) is 27.9 Å². The van der Waals surface area contributed by atoms with Gasteiger partial charge in [0.05, 0.1) is 5.69 Å². The van der Waals surface area contributed by atoms with Crippen LogP contribution in [0, 0.1) is 5.41 Å². The molecule has 1 aliphatic rings. The van der Waals surface area contributed by atoms with Gasteiger partial charge in [0, 0.05) is 56.5 Å². The molecule has 1 atom stereocenters. The maximum atomic E-state index is 13.2. The number of benzene rings is 2. The van der Waals surface area contributed by atoms with Gasteiger partial charge in [0.2, 0.25) is 11.8 Å². The van der Waals surface area contributed by atoms with Gasteiger partial charge in [0.1, 0.15) is 6.04 Å². The number of piperidine rings is 1. The highest BCUT2D eigenvalue weighted by Gasteiger charge is 2.39. The number of hydrogen-bond donors (Lipinski definition) is 2. The van der Waals surface area contributed by atoms with Gasteiger partial charge in [-0.05, 0) is 29.9 Å². The molecular weight excluding hydrogens is 476 g/mol. The Bertz CT molecular complexity index is 1500. The highest BCUT2D eigenvalue weighted by atomic mass is 16.4. The summed E-state index contributed by atoms with van der Waals surface area (Å²) < 4.78 is 2.39. The summed E-state index contributed by atoms with van der Waals surface area (Å²) in [6.07, 6.45) is 2.31. The van der Waals surface area contributed by atoms with Gasteiger partial charge in [-0.2, -0.15) is 0 Å². The average Bonchev–Trinajstić information content (AvgIpc) is 2.86. The molecule has 2 N–H and O–H groups in total. The Morgan fingerprint density at radius 3 is 2.32 bits per heavy atom. The van der Waals surface area contributed by atoms with Crippen LogP contribution in [-0.4, -0.2) is 56.1 Å². The zero-order valence-corrected chi connectivity index (χ0v) is 21.1. The lowest BCUT2D eigenvalue weighted by molar-refractivity contribution is -0.145. The number of aryl methyl sites for hydroxylation is 1. The Morgan fingerprint density at radius 1 is 1.03 bits per heavy atom. The van der Waals surface area contributed by atoms with Gasteiger partial charge in [-0.25, -0.2) is 14.2 Å². The highest BCUT2D eigenvalue weighted by Crippen LogP contribution is 2.32. The van der Waals surface area contributed by atoms with Crippen molar-refractivity contribution in [2.75, 3.05) is 13.1 Å². The quantitative estimate of drug-likeness (QED) is 0.520. The van der Waals surface area contributed by atoms with Crippen LogP contribution < -0.4 is 16.6 Å². The lowest BCUT2D eigenvalue weighted by Gasteiger charge is -2.38. The molecule has 194 valence electrons. The Balaban J connectivity index is 1.64. The number of likely N-dealkylation sites (tertiary alicyclic amines) is 1. The number of aliphatic carboxylic acids is 1. The first-order valence-electron chi connectivity index (χ1n) is 12.1. The van der Waals surface area contributed by atoms with Crippen molar-refractivity contribution in [2.24, 2.45) is 12.5 Å². The average molecular weight is 507 g/mol. The van der Waals surface area contributed by atoms with Crippen molar-refractivity contribution in [3.63, 3.8) is 0 Å². The van der Waals surface area contributed by atoms with Crippen molar-refractivity contribution in [1.82, 2.24) is 19.4 Å². The molecule has 3 aromatic rings. The number of rotatable bonds is 6. The molecule has 1 fully saturated rings. The first kappa shape index (κ1) is 25.9. The maximum absolute atomic E-state index is 13.2. The largest absolute Gasteiger partial charge is 0.480 e. The van der Waals surface area contributed by atoms with Crippen molar-refractivity contribution in [1.29, 1.82) is 0 Å². The Labute approximate surface area is 213 Å². The number of nitrogens with zero attached hydrogens (tertiary/aromatic N) is 3. The maximum Gasteiger partial charge on any atom is 0.335 e. The fraction of sp³-hybridized carbons (Fsp3) is 0.370. The monoisotopic (exact) mass is 506 g/mol. The molecule has 0 bridgehead atoms. The van der Waals surface area contributed by atoms with Crippen molar-refractivity contribution >= 4 is 28.6 Å². The van der Waals surface area contributed by atoms with Crippen LogP contribution in [0.4, 0.5) is 0 Å². The zero-order chi connectivity index (χ0) is 26.9. The normalized spacial score (nSPS) is 15.8. The molecule has 2 amide bonds. The smallest absolute Gasteiger partial charge is 0.335 e. The number of carboxylic acid groups (broad SMARTS) is 1. The van der Waals surface area contributed by atoms with E-state index in [0.29, 0.717) is 48.0 Å². The zero-order valence-electron chi connectivity index (χ0n) is 21.1. The summed E-state index contributed by atoms with van der Waals surface area (Å²) in [6.45, 7) is 4.18. The second-order valence-electron chi connectivity index (χ2n) is 9.81. The highest BCUT2D eigenvalue weighted by molar-refractivity contribution is 5.93. The topological polar surface area (TPSA) is 131 Å². The van der Waals surface area contributed by atoms with Crippen LogP contribution in [0.5, 0.6) is 0 Å². The van der Waals surface area contributed by atoms with Crippen LogP contribution in [0.3, 0.4) is 0 Å². The van der Waals surface area contributed by atoms with E-state index in [0.717, 1.165) is 4.57 Å². The van der Waals surface area contributed by atoms with Gasteiger partial charge in [0.15, 0.2) is 0 Å². The van der Waals surface area contributed by atoms with Crippen LogP contribution in [0.1, 0.15) is 32.3 Å². The SMILES string of the molecule is CC(=O)N1CCC(C)(C(=O)N[C@@H](Cc2cccc3c(-n4c(=O)ccn(C)c4=O)cccc23)C(=O)O)CC1. The molecule has 0 saturated carbocycles. The number of carbonyl (C=O) groups is 3. The number of aromatic nitrogens is 2. The van der Waals surface area contributed by atoms with Crippen molar-refractivity contribution in [2.45, 2.75) is 39.2 Å². The van der Waals surface area contributed by atoms with Gasteiger partial charge >= 0.3 is 11.7 Å². The second-order valence-corrected chi connectivity index (χ2v) is 9.81. The number of fused-ring (bicyclic) bond motifs is 1. The summed E-state index contributed by atoms with van der Waals surface area (Å²) in [5, 5.41) is 13.9. The first-order chi connectivity index (χ1) is 17.5. The predicted molar refractivity (Wildman–Crippen MR) is 138 cm³/mol. The van der Waals surface area contributed by atoms with Gasteiger partial charge < -0.3 is 19.9 Å². The van der Waals surface area contributed by atoms with E-state index in [1.54, 1.807) is 55.3 Å². The third-order valence-corrected chi connectivity index (χ3v) is 7.27. The number of amides is 2. The minimum atomic E-state index is -1.18. The van der Waals surface area contributed by atoms with Crippen LogP contribution >= 0.6 is 0 Å². The molecule has 10 heteroatoms. The third kappa shape index (κ3) is 5.04. The molecule has 4 rings (SSSR count). The molecular formula is C27H30N4O6. The summed E-state index contributed by atoms with van der Waals surface area (Å²) in [5.74, 6) is -1.57. The summed E-state index contributed by atoms with van der Waals surface area (Å²) in [5.41, 5.74) is -0.693. The second kappa shape index (κ2) is 10.0. The van der Waals surface area contributed by atoms with Crippen LogP contribution in [0.2, 0.25) is 0 Å². The van der Waals surface area contributed by atoms with Gasteiger partial charge in [-0.1, -0.05) is 37.3 Å². The van der Waals surface area contributed by atoms with Crippen molar-refractivity contribution in [3.05, 3.63) is 75.1 Å². The summed E-state index contributed by atoms with van der Waals surface area (Å²) >= 11 is 0. The molecule has 2 aromatic carbocycles. The van der Waals surface area contributed by atoms with E-state index in [9.17, 15) is 29.1 Å². The van der Waals surface area contributed by atoms with Crippen LogP contribution in [0.25, 0.3) is 16.5 Å². The number of hydrogen-bond acceptors (Lipinski definition) is 5. The molecule has 2 heterocycles. The van der Waals surface area contributed by atoms with Gasteiger partial charge in [-0.15, -0.1) is 0 Å². The van der Waals surface area contributed by atoms with E-state index in [4.69, 9.17) is 0 Å². The van der Waals surface area contributed by atoms with Crippen LogP contribution in [0.15, 0.2) is 58.3 Å². The van der Waals surface area contributed by atoms with E-state index >= 15 is 0 Å². The molecule has 0 unspecified atom stereocenters. The molecule has 10 nitrogen and oxygen atoms in total. The number of nitrogens with one attached hydrogen (secondary N) is 1. The van der Waals surface area contributed by atoms with E-state index in [2.05, 4.69) is 5.32 Å². The number of carbonyl (C=O) groups excluding carboxylic acids is 2. The third-order valence-electron chi connectivity index (χ3n) is 7.27. The number of carboxylic acids is 1. The standard InChI is InChI=1S/C27H30N4O6/c1-17(32)30-14-11-27(2,12-15-30)25(36)28-21(24(34)35)16-18-6-4-8-20-19(18)7-5-9-22(20)31-23(33)10-13-29(3)26(31)37/h4-10,13,21H,11-12,14-16H2,1-3H3,(H,28,36)(H,34,35)/t21-/m0/s1. The Hall–Kier alpha value is -4.21. The van der Waals surface area contributed by atoms with E-state index in [1.807, 2.05) is 0 Å². The van der Waals surface area contributed by atoms with Crippen molar-refractivity contribution in [3.8, 4) is 5.69 Å². The van der Waals surface area contributed by atoms with Gasteiger partial charge in [-0.3, -0.25) is 14.4 Å². The van der Waals surface area contributed by atoms with Gasteiger partial charge in [0.25, 0.3) is 5.56 Å². The minimum Gasteiger partial charge on any atom is -0.480 e. The molecule has 1 saturated heterocycles. The summed E-state index contributed by atoms with van der Waals surface area (Å²) in [6, 6.07) is 10.6.